The van der Waals surface area contributed by atoms with Gasteiger partial charge in [0.1, 0.15) is 0 Å². The van der Waals surface area contributed by atoms with Crippen LogP contribution in [0.5, 0.6) is 0 Å². The Kier molecular flexibility index (Phi) is 8.76. The lowest BCUT2D eigenvalue weighted by atomic mass is 9.85. The number of ether oxygens (including phenoxy) is 1. The highest BCUT2D eigenvalue weighted by Crippen LogP contribution is 2.29. The van der Waals surface area contributed by atoms with Crippen molar-refractivity contribution in [3.8, 4) is 0 Å². The Morgan fingerprint density at radius 3 is 2.18 bits per heavy atom. The lowest BCUT2D eigenvalue weighted by Crippen LogP contribution is -2.24. The number of carboxylic acids is 1. The molecular formula is C18H34O4. The number of aliphatic hydroxyl groups excluding tert-OH is 1. The minimum Gasteiger partial charge on any atom is -0.512 e. The minimum absolute atomic E-state index is 0.226. The molecule has 0 fully saturated rings. The number of aliphatic hydroxyl groups is 1. The molecule has 0 aromatic carbocycles. The van der Waals surface area contributed by atoms with Crippen molar-refractivity contribution in [3.05, 3.63) is 12.3 Å². The zero-order valence-corrected chi connectivity index (χ0v) is 14.9. The van der Waals surface area contributed by atoms with Crippen LogP contribution < -0.4 is 0 Å². The van der Waals surface area contributed by atoms with Crippen molar-refractivity contribution >= 4 is 5.97 Å². The summed E-state index contributed by atoms with van der Waals surface area (Å²) < 4.78 is 5.66. The number of aliphatic carboxylic acids is 1. The van der Waals surface area contributed by atoms with E-state index in [9.17, 15) is 9.90 Å². The van der Waals surface area contributed by atoms with E-state index in [0.29, 0.717) is 25.6 Å². The summed E-state index contributed by atoms with van der Waals surface area (Å²) >= 11 is 0. The average molecular weight is 314 g/mol. The number of hydrogen-bond donors (Lipinski definition) is 2. The van der Waals surface area contributed by atoms with Crippen molar-refractivity contribution in [2.45, 2.75) is 66.7 Å². The van der Waals surface area contributed by atoms with Crippen LogP contribution in [0.15, 0.2) is 12.3 Å². The fourth-order valence-corrected chi connectivity index (χ4v) is 2.00. The zero-order chi connectivity index (χ0) is 17.4. The summed E-state index contributed by atoms with van der Waals surface area (Å²) in [4.78, 5) is 11.0. The predicted molar refractivity (Wildman–Crippen MR) is 90.0 cm³/mol. The van der Waals surface area contributed by atoms with Gasteiger partial charge in [-0.25, -0.2) is 0 Å². The third-order valence-corrected chi connectivity index (χ3v) is 4.37. The standard InChI is InChI=1S/C18H34O4/c1-14(9-11-18(5,6)16(20)21)13-22-12-8-7-10-17(3,4)15(2)19/h14,19H,2,7-13H2,1,3-6H3,(H,20,21). The van der Waals surface area contributed by atoms with Crippen molar-refractivity contribution in [3.63, 3.8) is 0 Å². The lowest BCUT2D eigenvalue weighted by Gasteiger charge is -2.23. The Bertz CT molecular complexity index is 358. The number of hydrogen-bond acceptors (Lipinski definition) is 3. The molecule has 0 spiro atoms. The molecule has 22 heavy (non-hydrogen) atoms. The van der Waals surface area contributed by atoms with Crippen molar-refractivity contribution in [2.75, 3.05) is 13.2 Å². The molecule has 0 aromatic rings. The number of allylic oxidation sites excluding steroid dienone is 1. The van der Waals surface area contributed by atoms with Gasteiger partial charge in [-0.15, -0.1) is 0 Å². The summed E-state index contributed by atoms with van der Waals surface area (Å²) in [6, 6.07) is 0. The minimum atomic E-state index is -0.742. The van der Waals surface area contributed by atoms with Gasteiger partial charge in [0, 0.05) is 18.6 Å². The Hall–Kier alpha value is -1.03. The van der Waals surface area contributed by atoms with Crippen LogP contribution in [0, 0.1) is 16.7 Å². The highest BCUT2D eigenvalue weighted by Gasteiger charge is 2.27. The summed E-state index contributed by atoms with van der Waals surface area (Å²) in [6.07, 6.45) is 4.38. The first kappa shape index (κ1) is 21.0. The van der Waals surface area contributed by atoms with Crippen LogP contribution in [0.25, 0.3) is 0 Å². The van der Waals surface area contributed by atoms with Gasteiger partial charge in [0.05, 0.1) is 11.2 Å². The third-order valence-electron chi connectivity index (χ3n) is 4.37. The summed E-state index contributed by atoms with van der Waals surface area (Å²) in [7, 11) is 0. The molecule has 4 nitrogen and oxygen atoms in total. The van der Waals surface area contributed by atoms with Gasteiger partial charge in [-0.05, 0) is 45.4 Å². The molecule has 0 radical (unpaired) electrons. The van der Waals surface area contributed by atoms with Crippen molar-refractivity contribution < 1.29 is 19.7 Å². The van der Waals surface area contributed by atoms with E-state index in [1.54, 1.807) is 13.8 Å². The molecule has 0 amide bonds. The quantitative estimate of drug-likeness (QED) is 0.401. The molecule has 0 saturated heterocycles. The SMILES string of the molecule is C=C(O)C(C)(C)CCCCOCC(C)CCC(C)(C)C(=O)O. The first-order chi connectivity index (χ1) is 9.99. The van der Waals surface area contributed by atoms with E-state index in [-0.39, 0.29) is 11.2 Å². The van der Waals surface area contributed by atoms with Gasteiger partial charge < -0.3 is 14.9 Å². The molecule has 0 bridgehead atoms. The fraction of sp³-hybridized carbons (Fsp3) is 0.833. The maximum atomic E-state index is 11.0. The van der Waals surface area contributed by atoms with Crippen molar-refractivity contribution in [2.24, 2.45) is 16.7 Å². The van der Waals surface area contributed by atoms with Crippen LogP contribution in [0.2, 0.25) is 0 Å². The largest absolute Gasteiger partial charge is 0.512 e. The van der Waals surface area contributed by atoms with Crippen LogP contribution in [-0.4, -0.2) is 29.4 Å². The summed E-state index contributed by atoms with van der Waals surface area (Å²) in [5.41, 5.74) is -0.887. The van der Waals surface area contributed by atoms with E-state index in [1.807, 2.05) is 13.8 Å². The van der Waals surface area contributed by atoms with E-state index in [0.717, 1.165) is 25.7 Å². The second kappa shape index (κ2) is 9.19. The lowest BCUT2D eigenvalue weighted by molar-refractivity contribution is -0.147. The fourth-order valence-electron chi connectivity index (χ4n) is 2.00. The number of rotatable bonds is 12. The number of carbonyl (C=O) groups is 1. The molecule has 0 aliphatic rings. The Morgan fingerprint density at radius 1 is 1.09 bits per heavy atom. The molecule has 0 aliphatic carbocycles. The summed E-state index contributed by atoms with van der Waals surface area (Å²) in [5.74, 6) is -0.135. The second-order valence-corrected chi connectivity index (χ2v) is 7.70. The smallest absolute Gasteiger partial charge is 0.309 e. The molecular weight excluding hydrogens is 280 g/mol. The molecule has 1 atom stereocenters. The Labute approximate surface area is 135 Å². The Balaban J connectivity index is 3.72. The van der Waals surface area contributed by atoms with E-state index < -0.39 is 11.4 Å². The summed E-state index contributed by atoms with van der Waals surface area (Å²) in [5, 5.41) is 18.5. The third kappa shape index (κ3) is 8.42. The van der Waals surface area contributed by atoms with Crippen LogP contribution in [0.3, 0.4) is 0 Å². The normalized spacial score (nSPS) is 13.9. The molecule has 0 aliphatic heterocycles. The highest BCUT2D eigenvalue weighted by molar-refractivity contribution is 5.73. The highest BCUT2D eigenvalue weighted by atomic mass is 16.5. The molecule has 4 heteroatoms. The van der Waals surface area contributed by atoms with E-state index in [1.165, 1.54) is 0 Å². The molecule has 1 unspecified atom stereocenters. The molecule has 0 saturated carbocycles. The first-order valence-electron chi connectivity index (χ1n) is 8.18. The van der Waals surface area contributed by atoms with Crippen LogP contribution in [0.1, 0.15) is 66.7 Å². The first-order valence-corrected chi connectivity index (χ1v) is 8.18. The van der Waals surface area contributed by atoms with E-state index in [2.05, 4.69) is 13.5 Å². The summed E-state index contributed by atoms with van der Waals surface area (Å²) in [6.45, 7) is 14.6. The average Bonchev–Trinajstić information content (AvgIpc) is 2.40. The molecule has 0 aromatic heterocycles. The topological polar surface area (TPSA) is 66.8 Å². The molecule has 130 valence electrons. The van der Waals surface area contributed by atoms with E-state index >= 15 is 0 Å². The van der Waals surface area contributed by atoms with Gasteiger partial charge in [-0.2, -0.15) is 0 Å². The molecule has 0 heterocycles. The second-order valence-electron chi connectivity index (χ2n) is 7.70. The van der Waals surface area contributed by atoms with Gasteiger partial charge in [0.25, 0.3) is 0 Å². The maximum Gasteiger partial charge on any atom is 0.309 e. The monoisotopic (exact) mass is 314 g/mol. The van der Waals surface area contributed by atoms with Gasteiger partial charge in [-0.3, -0.25) is 4.79 Å². The molecule has 2 N–H and O–H groups in total. The number of carboxylic acid groups (broad SMARTS) is 1. The zero-order valence-electron chi connectivity index (χ0n) is 14.9. The Morgan fingerprint density at radius 2 is 1.68 bits per heavy atom. The van der Waals surface area contributed by atoms with Crippen LogP contribution >= 0.6 is 0 Å². The van der Waals surface area contributed by atoms with Gasteiger partial charge in [0.2, 0.25) is 0 Å². The van der Waals surface area contributed by atoms with Gasteiger partial charge in [0.15, 0.2) is 0 Å². The van der Waals surface area contributed by atoms with Gasteiger partial charge in [-0.1, -0.05) is 33.8 Å². The predicted octanol–water partition coefficient (Wildman–Crippen LogP) is 4.80. The van der Waals surface area contributed by atoms with Crippen LogP contribution in [0.4, 0.5) is 0 Å². The van der Waals surface area contributed by atoms with Gasteiger partial charge >= 0.3 is 5.97 Å². The maximum absolute atomic E-state index is 11.0. The van der Waals surface area contributed by atoms with Crippen molar-refractivity contribution in [1.82, 2.24) is 0 Å². The van der Waals surface area contributed by atoms with Crippen LogP contribution in [-0.2, 0) is 9.53 Å². The number of unbranched alkanes of at least 4 members (excludes halogenated alkanes) is 1. The molecule has 0 rings (SSSR count). The van der Waals surface area contributed by atoms with Crippen molar-refractivity contribution in [1.29, 1.82) is 0 Å². The van der Waals surface area contributed by atoms with E-state index in [4.69, 9.17) is 9.84 Å².